The number of hydrogen-bond donors (Lipinski definition) is 1. The van der Waals surface area contributed by atoms with Gasteiger partial charge in [-0.2, -0.15) is 0 Å². The summed E-state index contributed by atoms with van der Waals surface area (Å²) in [6.07, 6.45) is 6.88. The first-order valence-electron chi connectivity index (χ1n) is 15.5. The van der Waals surface area contributed by atoms with Gasteiger partial charge in [0.25, 0.3) is 0 Å². The quantitative estimate of drug-likeness (QED) is 0.323. The second-order valence-corrected chi connectivity index (χ2v) is 11.2. The molecular weight excluding hydrogens is 422 g/mol. The third kappa shape index (κ3) is 2.82. The van der Waals surface area contributed by atoms with Crippen LogP contribution in [0.3, 0.4) is 0 Å². The Bertz CT molecular complexity index is 1630. The summed E-state index contributed by atoms with van der Waals surface area (Å²) >= 11 is 0. The summed E-state index contributed by atoms with van der Waals surface area (Å²) in [7, 11) is 0. The van der Waals surface area contributed by atoms with Crippen molar-refractivity contribution in [3.8, 4) is 22.3 Å². The maximum absolute atomic E-state index is 8.31. The summed E-state index contributed by atoms with van der Waals surface area (Å²) in [5.74, 6) is 3.26. The molecule has 4 bridgehead atoms. The van der Waals surface area contributed by atoms with Crippen LogP contribution in [0.2, 0.25) is 0 Å². The Morgan fingerprint density at radius 2 is 1.29 bits per heavy atom. The Kier molecular flexibility index (Phi) is 3.28. The fourth-order valence-electron chi connectivity index (χ4n) is 8.51. The molecule has 0 saturated heterocycles. The van der Waals surface area contributed by atoms with Crippen molar-refractivity contribution < 1.29 is 6.85 Å². The van der Waals surface area contributed by atoms with Gasteiger partial charge < -0.3 is 5.32 Å². The lowest BCUT2D eigenvalue weighted by Crippen LogP contribution is -2.55. The van der Waals surface area contributed by atoms with Gasteiger partial charge >= 0.3 is 0 Å². The molecule has 4 aromatic rings. The van der Waals surface area contributed by atoms with Gasteiger partial charge in [-0.15, -0.1) is 0 Å². The van der Waals surface area contributed by atoms with Crippen molar-refractivity contribution in [3.05, 3.63) is 108 Å². The lowest BCUT2D eigenvalue weighted by molar-refractivity contribution is -0.0399. The summed E-state index contributed by atoms with van der Waals surface area (Å²) in [6.45, 7) is 0. The lowest BCUT2D eigenvalue weighted by Gasteiger charge is -2.61. The van der Waals surface area contributed by atoms with Crippen molar-refractivity contribution in [2.45, 2.75) is 37.5 Å². The molecule has 4 fully saturated rings. The second kappa shape index (κ2) is 7.34. The van der Waals surface area contributed by atoms with Crippen LogP contribution in [0, 0.1) is 23.7 Å². The average Bonchev–Trinajstić information content (AvgIpc) is 3.25. The van der Waals surface area contributed by atoms with E-state index >= 15 is 0 Å². The molecule has 0 amide bonds. The molecule has 0 heterocycles. The fraction of sp³-hybridized carbons (Fsp3) is 0.294. The molecule has 5 aliphatic rings. The van der Waals surface area contributed by atoms with Gasteiger partial charge in [-0.3, -0.25) is 0 Å². The summed E-state index contributed by atoms with van der Waals surface area (Å²) in [4.78, 5) is 0. The van der Waals surface area contributed by atoms with Crippen LogP contribution >= 0.6 is 0 Å². The lowest BCUT2D eigenvalue weighted by atomic mass is 9.43. The number of anilines is 2. The molecule has 1 spiro atoms. The Labute approximate surface area is 215 Å². The molecule has 0 aromatic heterocycles. The molecule has 0 aliphatic heterocycles. The Morgan fingerprint density at radius 1 is 0.629 bits per heavy atom. The molecule has 1 N–H and O–H groups in total. The summed E-state index contributed by atoms with van der Waals surface area (Å²) in [5.41, 5.74) is 8.81. The third-order valence-corrected chi connectivity index (χ3v) is 9.52. The molecule has 172 valence electrons. The summed E-state index contributed by atoms with van der Waals surface area (Å²) in [6, 6.07) is 22.2. The monoisotopic (exact) mass is 458 g/mol. The number of fused-ring (bicyclic) bond motifs is 3. The average molecular weight is 459 g/mol. The number of rotatable bonds is 3. The van der Waals surface area contributed by atoms with Gasteiger partial charge in [0.05, 0.1) is 6.85 Å². The van der Waals surface area contributed by atoms with Crippen LogP contribution < -0.4 is 5.32 Å². The number of nitrogens with one attached hydrogen (secondary N) is 1. The highest BCUT2D eigenvalue weighted by Gasteiger charge is 2.61. The molecule has 0 unspecified atom stereocenters. The molecule has 35 heavy (non-hydrogen) atoms. The van der Waals surface area contributed by atoms with Gasteiger partial charge in [-0.25, -0.2) is 0 Å². The summed E-state index contributed by atoms with van der Waals surface area (Å²) < 4.78 is 40.5. The van der Waals surface area contributed by atoms with Crippen LogP contribution in [0.4, 0.5) is 11.4 Å². The minimum absolute atomic E-state index is 0.127. The van der Waals surface area contributed by atoms with Crippen molar-refractivity contribution >= 4 is 11.4 Å². The molecular formula is C34H31N. The van der Waals surface area contributed by atoms with Gasteiger partial charge in [0, 0.05) is 16.8 Å². The molecule has 1 nitrogen and oxygen atoms in total. The first-order valence-corrected chi connectivity index (χ1v) is 13.0. The van der Waals surface area contributed by atoms with E-state index in [9.17, 15) is 0 Å². The van der Waals surface area contributed by atoms with Crippen LogP contribution in [-0.2, 0) is 5.41 Å². The minimum atomic E-state index is -0.368. The van der Waals surface area contributed by atoms with E-state index in [0.717, 1.165) is 35.0 Å². The van der Waals surface area contributed by atoms with Crippen molar-refractivity contribution in [3.63, 3.8) is 0 Å². The fourth-order valence-corrected chi connectivity index (χ4v) is 8.51. The van der Waals surface area contributed by atoms with E-state index in [1.165, 1.54) is 48.8 Å². The van der Waals surface area contributed by atoms with Gasteiger partial charge in [0.2, 0.25) is 0 Å². The zero-order chi connectivity index (χ0) is 27.3. The molecule has 0 atom stereocenters. The van der Waals surface area contributed by atoms with Crippen molar-refractivity contribution in [2.75, 3.05) is 5.32 Å². The maximum Gasteiger partial charge on any atom is 0.0629 e. The smallest absolute Gasteiger partial charge is 0.0629 e. The Balaban J connectivity index is 1.16. The Morgan fingerprint density at radius 3 is 2.03 bits per heavy atom. The number of hydrogen-bond acceptors (Lipinski definition) is 1. The molecule has 5 aliphatic carbocycles. The van der Waals surface area contributed by atoms with Crippen molar-refractivity contribution in [1.82, 2.24) is 0 Å². The second-order valence-electron chi connectivity index (χ2n) is 11.2. The van der Waals surface area contributed by atoms with E-state index in [0.29, 0.717) is 5.56 Å². The first-order chi connectivity index (χ1) is 19.4. The summed E-state index contributed by atoms with van der Waals surface area (Å²) in [5, 5.41) is 3.61. The minimum Gasteiger partial charge on any atom is -0.356 e. The van der Waals surface area contributed by atoms with Gasteiger partial charge in [0.15, 0.2) is 0 Å². The largest absolute Gasteiger partial charge is 0.356 e. The van der Waals surface area contributed by atoms with E-state index in [-0.39, 0.29) is 41.2 Å². The van der Waals surface area contributed by atoms with Gasteiger partial charge in [-0.05, 0) is 113 Å². The normalized spacial score (nSPS) is 31.3. The van der Waals surface area contributed by atoms with Crippen LogP contribution in [0.5, 0.6) is 0 Å². The van der Waals surface area contributed by atoms with Crippen LogP contribution in [-0.4, -0.2) is 0 Å². The van der Waals surface area contributed by atoms with Gasteiger partial charge in [-0.1, -0.05) is 72.7 Å². The van der Waals surface area contributed by atoms with E-state index in [2.05, 4.69) is 47.8 Å². The Hall–Kier alpha value is -3.32. The van der Waals surface area contributed by atoms with Crippen LogP contribution in [0.1, 0.15) is 50.1 Å². The SMILES string of the molecule is [2H]c1c([2H])c([2H])c(-c2ccc(Nc3ccc4c(c3)C3(c5ccccc5-4)C4CC5CC(C4)CC3C5)cc2)c([2H])c1[2H]. The van der Waals surface area contributed by atoms with E-state index in [1.807, 2.05) is 24.3 Å². The van der Waals surface area contributed by atoms with Crippen molar-refractivity contribution in [2.24, 2.45) is 23.7 Å². The topological polar surface area (TPSA) is 12.0 Å². The highest BCUT2D eigenvalue weighted by atomic mass is 14.9. The maximum atomic E-state index is 8.31. The van der Waals surface area contributed by atoms with E-state index < -0.39 is 0 Å². The predicted molar refractivity (Wildman–Crippen MR) is 145 cm³/mol. The number of benzene rings is 4. The highest BCUT2D eigenvalue weighted by Crippen LogP contribution is 2.69. The molecule has 4 saturated carbocycles. The van der Waals surface area contributed by atoms with Crippen LogP contribution in [0.15, 0.2) is 96.9 Å². The van der Waals surface area contributed by atoms with E-state index in [4.69, 9.17) is 6.85 Å². The molecule has 9 rings (SSSR count). The first kappa shape index (κ1) is 15.6. The van der Waals surface area contributed by atoms with Crippen molar-refractivity contribution in [1.29, 1.82) is 0 Å². The standard InChI is InChI=1S/C34H31N/c1-2-6-24(7-3-1)25-10-12-28(13-11-25)35-29-14-15-31-30-8-4-5-9-32(30)34(33(31)21-29)26-17-22-16-23(19-26)20-27(34)18-22/h1-15,21-23,26-27,35H,16-20H2/i1D,2D,3D,6D,7D. The van der Waals surface area contributed by atoms with Crippen LogP contribution in [0.25, 0.3) is 22.3 Å². The highest BCUT2D eigenvalue weighted by molar-refractivity contribution is 5.84. The third-order valence-electron chi connectivity index (χ3n) is 9.52. The zero-order valence-corrected chi connectivity index (χ0v) is 19.7. The predicted octanol–water partition coefficient (Wildman–Crippen LogP) is 8.82. The van der Waals surface area contributed by atoms with E-state index in [1.54, 1.807) is 5.56 Å². The molecule has 4 aromatic carbocycles. The zero-order valence-electron chi connectivity index (χ0n) is 24.7. The molecule has 1 heteroatoms. The molecule has 0 radical (unpaired) electrons. The van der Waals surface area contributed by atoms with Gasteiger partial charge in [0.1, 0.15) is 0 Å².